The van der Waals surface area contributed by atoms with Crippen LogP contribution in [-0.4, -0.2) is 67.3 Å². The van der Waals surface area contributed by atoms with Gasteiger partial charge in [0, 0.05) is 26.2 Å². The fourth-order valence-electron chi connectivity index (χ4n) is 2.94. The number of nitrogens with one attached hydrogen (secondary N) is 1. The van der Waals surface area contributed by atoms with Crippen molar-refractivity contribution in [1.82, 2.24) is 19.7 Å². The van der Waals surface area contributed by atoms with Gasteiger partial charge in [-0.3, -0.25) is 9.59 Å². The maximum atomic E-state index is 12.8. The van der Waals surface area contributed by atoms with Gasteiger partial charge in [0.2, 0.25) is 15.9 Å². The lowest BCUT2D eigenvalue weighted by molar-refractivity contribution is -0.131. The highest BCUT2D eigenvalue weighted by atomic mass is 79.9. The quantitative estimate of drug-likeness (QED) is 0.681. The van der Waals surface area contributed by atoms with Crippen LogP contribution in [0, 0.1) is 13.8 Å². The monoisotopic (exact) mass is 474 g/mol. The Hall–Kier alpha value is -2.18. The topological polar surface area (TPSA) is 126 Å². The summed E-state index contributed by atoms with van der Waals surface area (Å²) >= 11 is 3.10. The smallest absolute Gasteiger partial charge is 0.287 e. The van der Waals surface area contributed by atoms with Gasteiger partial charge in [0.05, 0.1) is 6.54 Å². The molecule has 0 atom stereocenters. The second-order valence-electron chi connectivity index (χ2n) is 6.22. The number of aromatic nitrogens is 1. The first-order chi connectivity index (χ1) is 13.2. The summed E-state index contributed by atoms with van der Waals surface area (Å²) in [6.07, 6.45) is 0. The molecule has 0 aromatic carbocycles. The maximum Gasteiger partial charge on any atom is 0.287 e. The third-order valence-electron chi connectivity index (χ3n) is 4.35. The van der Waals surface area contributed by atoms with E-state index in [1.807, 2.05) is 0 Å². The normalized spacial score (nSPS) is 15.6. The summed E-state index contributed by atoms with van der Waals surface area (Å²) < 4.78 is 37.4. The first kappa shape index (κ1) is 20.6. The molecular weight excluding hydrogens is 456 g/mol. The van der Waals surface area contributed by atoms with Gasteiger partial charge in [-0.25, -0.2) is 8.42 Å². The van der Waals surface area contributed by atoms with E-state index in [0.29, 0.717) is 10.4 Å². The molecule has 0 saturated carbocycles. The molecule has 2 aromatic rings. The van der Waals surface area contributed by atoms with E-state index < -0.39 is 15.9 Å². The zero-order valence-corrected chi connectivity index (χ0v) is 17.7. The number of piperazine rings is 1. The lowest BCUT2D eigenvalue weighted by atomic mass is 10.3. The summed E-state index contributed by atoms with van der Waals surface area (Å²) in [7, 11) is -3.74. The molecule has 10 nitrogen and oxygen atoms in total. The first-order valence-electron chi connectivity index (χ1n) is 8.44. The number of halogens is 1. The Kier molecular flexibility index (Phi) is 5.91. The Morgan fingerprint density at radius 1 is 1.21 bits per heavy atom. The lowest BCUT2D eigenvalue weighted by Gasteiger charge is -2.33. The fourth-order valence-corrected chi connectivity index (χ4v) is 4.96. The molecule has 152 valence electrons. The highest BCUT2D eigenvalue weighted by Gasteiger charge is 2.34. The van der Waals surface area contributed by atoms with Crippen molar-refractivity contribution in [2.24, 2.45) is 0 Å². The van der Waals surface area contributed by atoms with E-state index in [0.717, 1.165) is 0 Å². The van der Waals surface area contributed by atoms with E-state index in [9.17, 15) is 18.0 Å². The second-order valence-corrected chi connectivity index (χ2v) is 8.88. The molecule has 0 spiro atoms. The minimum atomic E-state index is -3.74. The molecule has 1 saturated heterocycles. The molecule has 1 aliphatic rings. The number of carbonyl (C=O) groups is 2. The van der Waals surface area contributed by atoms with Gasteiger partial charge >= 0.3 is 0 Å². The highest BCUT2D eigenvalue weighted by molar-refractivity contribution is 9.10. The standard InChI is InChI=1S/C16H19BrN4O6S/c1-10-15(11(2)27-19-10)28(24,25)21-7-5-20(6-8-21)14(22)9-18-16(23)12-3-4-13(17)26-12/h3-4H,5-9H2,1-2H3,(H,18,23). The number of hydrogen-bond acceptors (Lipinski definition) is 7. The van der Waals surface area contributed by atoms with Crippen LogP contribution in [0.5, 0.6) is 0 Å². The van der Waals surface area contributed by atoms with Crippen molar-refractivity contribution in [1.29, 1.82) is 0 Å². The number of aryl methyl sites for hydroxylation is 2. The van der Waals surface area contributed by atoms with Crippen LogP contribution >= 0.6 is 15.9 Å². The van der Waals surface area contributed by atoms with Gasteiger partial charge in [0.15, 0.2) is 16.2 Å². The van der Waals surface area contributed by atoms with Gasteiger partial charge < -0.3 is 19.2 Å². The minimum absolute atomic E-state index is 0.0733. The van der Waals surface area contributed by atoms with Gasteiger partial charge in [0.25, 0.3) is 5.91 Å². The van der Waals surface area contributed by atoms with Crippen LogP contribution in [-0.2, 0) is 14.8 Å². The van der Waals surface area contributed by atoms with Crippen LogP contribution in [0.1, 0.15) is 22.0 Å². The van der Waals surface area contributed by atoms with Crippen molar-refractivity contribution < 1.29 is 26.9 Å². The third kappa shape index (κ3) is 4.13. The highest BCUT2D eigenvalue weighted by Crippen LogP contribution is 2.24. The predicted octanol–water partition coefficient (Wildman–Crippen LogP) is 0.910. The molecule has 12 heteroatoms. The summed E-state index contributed by atoms with van der Waals surface area (Å²) in [5.74, 6) is -0.467. The molecule has 3 heterocycles. The summed E-state index contributed by atoms with van der Waals surface area (Å²) in [6, 6.07) is 3.07. The molecule has 0 aliphatic carbocycles. The van der Waals surface area contributed by atoms with Gasteiger partial charge in [-0.1, -0.05) is 5.16 Å². The number of furan rings is 1. The Balaban J connectivity index is 1.55. The summed E-state index contributed by atoms with van der Waals surface area (Å²) in [5, 5.41) is 6.18. The summed E-state index contributed by atoms with van der Waals surface area (Å²) in [6.45, 7) is 3.67. The van der Waals surface area contributed by atoms with Crippen molar-refractivity contribution in [3.05, 3.63) is 34.0 Å². The van der Waals surface area contributed by atoms with Crippen molar-refractivity contribution in [2.75, 3.05) is 32.7 Å². The molecule has 0 bridgehead atoms. The third-order valence-corrected chi connectivity index (χ3v) is 6.92. The Labute approximate surface area is 170 Å². The zero-order valence-electron chi connectivity index (χ0n) is 15.3. The van der Waals surface area contributed by atoms with Gasteiger partial charge in [-0.2, -0.15) is 4.31 Å². The van der Waals surface area contributed by atoms with Crippen molar-refractivity contribution in [3.8, 4) is 0 Å². The van der Waals surface area contributed by atoms with Crippen LogP contribution in [0.25, 0.3) is 0 Å². The molecule has 0 unspecified atom stereocenters. The average Bonchev–Trinajstić information content (AvgIpc) is 3.25. The first-order valence-corrected chi connectivity index (χ1v) is 10.7. The zero-order chi connectivity index (χ0) is 20.5. The number of sulfonamides is 1. The number of rotatable bonds is 5. The minimum Gasteiger partial charge on any atom is -0.444 e. The van der Waals surface area contributed by atoms with Crippen LogP contribution in [0.15, 0.2) is 30.6 Å². The number of hydrogen-bond donors (Lipinski definition) is 1. The largest absolute Gasteiger partial charge is 0.444 e. The summed E-state index contributed by atoms with van der Waals surface area (Å²) in [4.78, 5) is 25.8. The van der Waals surface area contributed by atoms with Crippen LogP contribution < -0.4 is 5.32 Å². The van der Waals surface area contributed by atoms with Crippen LogP contribution in [0.3, 0.4) is 0 Å². The molecule has 1 fully saturated rings. The van der Waals surface area contributed by atoms with Crippen molar-refractivity contribution in [2.45, 2.75) is 18.7 Å². The molecule has 2 aromatic heterocycles. The van der Waals surface area contributed by atoms with Crippen molar-refractivity contribution in [3.63, 3.8) is 0 Å². The molecule has 28 heavy (non-hydrogen) atoms. The molecule has 2 amide bonds. The van der Waals surface area contributed by atoms with E-state index in [1.165, 1.54) is 15.3 Å². The van der Waals surface area contributed by atoms with Crippen LogP contribution in [0.2, 0.25) is 0 Å². The Morgan fingerprint density at radius 3 is 2.43 bits per heavy atom. The lowest BCUT2D eigenvalue weighted by Crippen LogP contribution is -2.52. The second kappa shape index (κ2) is 8.05. The van der Waals surface area contributed by atoms with E-state index >= 15 is 0 Å². The van der Waals surface area contributed by atoms with E-state index in [1.54, 1.807) is 19.9 Å². The van der Waals surface area contributed by atoms with Gasteiger partial charge in [-0.05, 0) is 41.9 Å². The average molecular weight is 475 g/mol. The number of amides is 2. The van der Waals surface area contributed by atoms with Crippen molar-refractivity contribution >= 4 is 37.8 Å². The Bertz CT molecular complexity index is 971. The van der Waals surface area contributed by atoms with E-state index in [2.05, 4.69) is 26.4 Å². The molecule has 1 N–H and O–H groups in total. The van der Waals surface area contributed by atoms with E-state index in [-0.39, 0.29) is 55.0 Å². The van der Waals surface area contributed by atoms with Gasteiger partial charge in [0.1, 0.15) is 10.6 Å². The molecule has 3 rings (SSSR count). The Morgan fingerprint density at radius 2 is 1.89 bits per heavy atom. The number of carbonyl (C=O) groups excluding carboxylic acids is 2. The molecule has 1 aliphatic heterocycles. The van der Waals surface area contributed by atoms with Crippen LogP contribution in [0.4, 0.5) is 0 Å². The maximum absolute atomic E-state index is 12.8. The number of nitrogens with zero attached hydrogens (tertiary/aromatic N) is 3. The summed E-state index contributed by atoms with van der Waals surface area (Å²) in [5.41, 5.74) is 0.309. The predicted molar refractivity (Wildman–Crippen MR) is 100 cm³/mol. The SMILES string of the molecule is Cc1noc(C)c1S(=O)(=O)N1CCN(C(=O)CNC(=O)c2ccc(Br)o2)CC1. The molecule has 0 radical (unpaired) electrons. The van der Waals surface area contributed by atoms with Gasteiger partial charge in [-0.15, -0.1) is 0 Å². The molecular formula is C16H19BrN4O6S. The fraction of sp³-hybridized carbons (Fsp3) is 0.438. The van der Waals surface area contributed by atoms with E-state index in [4.69, 9.17) is 8.94 Å².